The third-order valence-corrected chi connectivity index (χ3v) is 5.38. The Balaban J connectivity index is 1.65. The number of aliphatic hydroxyl groups is 1. The van der Waals surface area contributed by atoms with E-state index in [-0.39, 0.29) is 12.9 Å². The highest BCUT2D eigenvalue weighted by atomic mass is 16.7. The topological polar surface area (TPSA) is 145 Å². The number of aliphatic hydroxyl groups excluding tert-OH is 1. The van der Waals surface area contributed by atoms with Gasteiger partial charge in [0, 0.05) is 0 Å². The van der Waals surface area contributed by atoms with Crippen LogP contribution in [0.25, 0.3) is 0 Å². The summed E-state index contributed by atoms with van der Waals surface area (Å²) in [6.45, 7) is 0.348. The van der Waals surface area contributed by atoms with E-state index >= 15 is 0 Å². The smallest absolute Gasteiger partial charge is 0.345 e. The third-order valence-electron chi connectivity index (χ3n) is 5.38. The first-order chi connectivity index (χ1) is 18.3. The molecule has 1 heterocycles. The minimum atomic E-state index is -1.61. The van der Waals surface area contributed by atoms with Gasteiger partial charge in [-0.1, -0.05) is 0 Å². The molecule has 0 spiro atoms. The zero-order chi connectivity index (χ0) is 27.5. The van der Waals surface area contributed by atoms with E-state index in [2.05, 4.69) is 0 Å². The van der Waals surface area contributed by atoms with Crippen LogP contribution in [0.4, 0.5) is 0 Å². The van der Waals surface area contributed by atoms with Gasteiger partial charge in [0.2, 0.25) is 0 Å². The minimum Gasteiger partial charge on any atom is -0.497 e. The highest BCUT2D eigenvalue weighted by Gasteiger charge is 2.43. The first kappa shape index (κ1) is 28.7. The van der Waals surface area contributed by atoms with Crippen LogP contribution in [0, 0.1) is 0 Å². The van der Waals surface area contributed by atoms with Crippen molar-refractivity contribution in [3.05, 3.63) is 48.5 Å². The second-order valence-corrected chi connectivity index (χ2v) is 8.04. The summed E-state index contributed by atoms with van der Waals surface area (Å²) in [5.41, 5.74) is 0. The molecular weight excluding hydrogens is 504 g/mol. The maximum absolute atomic E-state index is 12.6. The van der Waals surface area contributed by atoms with E-state index in [0.29, 0.717) is 23.0 Å². The summed E-state index contributed by atoms with van der Waals surface area (Å²) in [6.07, 6.45) is -6.11. The second kappa shape index (κ2) is 14.2. The van der Waals surface area contributed by atoms with E-state index in [1.54, 1.807) is 55.5 Å². The molecular formula is C26H30O12. The van der Waals surface area contributed by atoms with Crippen LogP contribution in [0.3, 0.4) is 0 Å². The summed E-state index contributed by atoms with van der Waals surface area (Å²) in [6, 6.07) is 12.9. The standard InChI is InChI=1S/C26H30O12/c1-16-33-13-21(28)25(36-16)26(38-24(30)15-35-20-10-6-18(32-3)7-11-20)22(12-27)37-23(29)14-34-19-8-4-17(31-2)5-9-19/h4-12,16,21-22,25-26,28H,13-15H2,1-3H3/t16?,21-,22+,25-,26-/m1/s1. The van der Waals surface area contributed by atoms with Crippen LogP contribution in [0.5, 0.6) is 23.0 Å². The first-order valence-corrected chi connectivity index (χ1v) is 11.7. The summed E-state index contributed by atoms with van der Waals surface area (Å²) in [5.74, 6) is 0.128. The van der Waals surface area contributed by atoms with Crippen molar-refractivity contribution in [1.82, 2.24) is 0 Å². The maximum atomic E-state index is 12.6. The molecule has 12 heteroatoms. The average Bonchev–Trinajstić information content (AvgIpc) is 2.94. The Kier molecular flexibility index (Phi) is 10.7. The van der Waals surface area contributed by atoms with Gasteiger partial charge in [-0.25, -0.2) is 9.59 Å². The number of esters is 2. The van der Waals surface area contributed by atoms with E-state index in [1.807, 2.05) is 0 Å². The number of aldehydes is 1. The number of benzene rings is 2. The SMILES string of the molecule is COc1ccc(OCC(=O)O[C@@H]([C@@H]2OC(C)OC[C@H]2O)[C@H](C=O)OC(=O)COc2ccc(OC)cc2)cc1. The molecule has 1 aliphatic heterocycles. The Morgan fingerprint density at radius 2 is 1.37 bits per heavy atom. The molecule has 1 N–H and O–H groups in total. The molecule has 12 nitrogen and oxygen atoms in total. The summed E-state index contributed by atoms with van der Waals surface area (Å²) < 4.78 is 42.4. The molecule has 206 valence electrons. The van der Waals surface area contributed by atoms with Crippen LogP contribution in [0.2, 0.25) is 0 Å². The van der Waals surface area contributed by atoms with Crippen LogP contribution >= 0.6 is 0 Å². The predicted molar refractivity (Wildman–Crippen MR) is 129 cm³/mol. The van der Waals surface area contributed by atoms with Gasteiger partial charge in [0.15, 0.2) is 38.0 Å². The van der Waals surface area contributed by atoms with Gasteiger partial charge in [0.25, 0.3) is 0 Å². The fourth-order valence-electron chi connectivity index (χ4n) is 3.47. The van der Waals surface area contributed by atoms with E-state index < -0.39 is 55.9 Å². The normalized spacial score (nSPS) is 20.4. The summed E-state index contributed by atoms with van der Waals surface area (Å²) in [4.78, 5) is 37.0. The van der Waals surface area contributed by atoms with Crippen LogP contribution in [0.15, 0.2) is 48.5 Å². The average molecular weight is 535 g/mol. The second-order valence-electron chi connectivity index (χ2n) is 8.04. The Bertz CT molecular complexity index is 1040. The molecule has 0 radical (unpaired) electrons. The van der Waals surface area contributed by atoms with E-state index in [9.17, 15) is 19.5 Å². The van der Waals surface area contributed by atoms with Crippen molar-refractivity contribution in [3.8, 4) is 23.0 Å². The lowest BCUT2D eigenvalue weighted by Crippen LogP contribution is -2.56. The minimum absolute atomic E-state index is 0.150. The van der Waals surface area contributed by atoms with Gasteiger partial charge in [0.1, 0.15) is 35.2 Å². The molecule has 1 saturated heterocycles. The van der Waals surface area contributed by atoms with Gasteiger partial charge >= 0.3 is 11.9 Å². The fourth-order valence-corrected chi connectivity index (χ4v) is 3.47. The molecule has 1 fully saturated rings. The van der Waals surface area contributed by atoms with Gasteiger partial charge < -0.3 is 43.0 Å². The van der Waals surface area contributed by atoms with Crippen LogP contribution < -0.4 is 18.9 Å². The van der Waals surface area contributed by atoms with E-state index in [0.717, 1.165) is 0 Å². The number of carbonyl (C=O) groups excluding carboxylic acids is 3. The highest BCUT2D eigenvalue weighted by Crippen LogP contribution is 2.23. The molecule has 5 atom stereocenters. The number of methoxy groups -OCH3 is 2. The van der Waals surface area contributed by atoms with Gasteiger partial charge in [-0.3, -0.25) is 4.79 Å². The van der Waals surface area contributed by atoms with Gasteiger partial charge in [-0.2, -0.15) is 0 Å². The Morgan fingerprint density at radius 3 is 1.84 bits per heavy atom. The maximum Gasteiger partial charge on any atom is 0.345 e. The van der Waals surface area contributed by atoms with Gasteiger partial charge in [-0.15, -0.1) is 0 Å². The highest BCUT2D eigenvalue weighted by molar-refractivity contribution is 5.75. The zero-order valence-corrected chi connectivity index (χ0v) is 21.1. The molecule has 0 amide bonds. The van der Waals surface area contributed by atoms with Crippen molar-refractivity contribution in [2.45, 2.75) is 37.6 Å². The van der Waals surface area contributed by atoms with Gasteiger partial charge in [-0.05, 0) is 55.5 Å². The number of rotatable bonds is 13. The summed E-state index contributed by atoms with van der Waals surface area (Å²) in [7, 11) is 3.03. The Morgan fingerprint density at radius 1 is 0.895 bits per heavy atom. The Labute approximate surface area is 219 Å². The molecule has 1 aliphatic rings. The van der Waals surface area contributed by atoms with Crippen molar-refractivity contribution >= 4 is 18.2 Å². The zero-order valence-electron chi connectivity index (χ0n) is 21.1. The number of hydrogen-bond acceptors (Lipinski definition) is 12. The summed E-state index contributed by atoms with van der Waals surface area (Å²) in [5, 5.41) is 10.4. The molecule has 0 aliphatic carbocycles. The van der Waals surface area contributed by atoms with Crippen LogP contribution in [-0.4, -0.2) is 88.1 Å². The lowest BCUT2D eigenvalue weighted by Gasteiger charge is -2.38. The lowest BCUT2D eigenvalue weighted by atomic mass is 10.0. The van der Waals surface area contributed by atoms with Crippen molar-refractivity contribution in [3.63, 3.8) is 0 Å². The molecule has 2 aromatic rings. The molecule has 0 aromatic heterocycles. The molecule has 0 bridgehead atoms. The quantitative estimate of drug-likeness (QED) is 0.292. The van der Waals surface area contributed by atoms with Crippen LogP contribution in [-0.2, 0) is 33.3 Å². The molecule has 0 saturated carbocycles. The fraction of sp³-hybridized carbons (Fsp3) is 0.423. The van der Waals surface area contributed by atoms with Crippen molar-refractivity contribution in [2.75, 3.05) is 34.0 Å². The number of ether oxygens (including phenoxy) is 8. The molecule has 1 unspecified atom stereocenters. The Hall–Kier alpha value is -3.87. The molecule has 38 heavy (non-hydrogen) atoms. The largest absolute Gasteiger partial charge is 0.497 e. The van der Waals surface area contributed by atoms with E-state index in [1.165, 1.54) is 14.2 Å². The number of carbonyl (C=O) groups is 3. The van der Waals surface area contributed by atoms with E-state index in [4.69, 9.17) is 37.9 Å². The van der Waals surface area contributed by atoms with Crippen LogP contribution in [0.1, 0.15) is 6.92 Å². The molecule has 3 rings (SSSR count). The monoisotopic (exact) mass is 534 g/mol. The lowest BCUT2D eigenvalue weighted by molar-refractivity contribution is -0.274. The van der Waals surface area contributed by atoms with Crippen molar-refractivity contribution in [1.29, 1.82) is 0 Å². The number of hydrogen-bond donors (Lipinski definition) is 1. The first-order valence-electron chi connectivity index (χ1n) is 11.7. The predicted octanol–water partition coefficient (Wildman–Crippen LogP) is 1.31. The van der Waals surface area contributed by atoms with Gasteiger partial charge in [0.05, 0.1) is 20.8 Å². The summed E-state index contributed by atoms with van der Waals surface area (Å²) >= 11 is 0. The van der Waals surface area contributed by atoms with Crippen molar-refractivity contribution in [2.24, 2.45) is 0 Å². The van der Waals surface area contributed by atoms with Crippen molar-refractivity contribution < 1.29 is 57.4 Å². The molecule has 2 aromatic carbocycles. The third kappa shape index (κ3) is 8.33.